The van der Waals surface area contributed by atoms with Gasteiger partial charge in [-0.1, -0.05) is 30.3 Å². The minimum atomic E-state index is -1.46. The van der Waals surface area contributed by atoms with Crippen LogP contribution in [0.15, 0.2) is 42.5 Å². The standard InChI is InChI=1S/C27H35F3N4O/c1-19-18-33(23-16-24(28)26(30)25(29)17-23)14-15-34(19)27(35)31-11-8-21-9-12-32(13-10-21)20(2)22-6-4-3-5-7-22/h3-7,16-17,19-21H,8-15,18H2,1-2H3,(H,31,35)/t19-,20?/m1/s1. The Balaban J connectivity index is 1.19. The molecule has 0 bridgehead atoms. The summed E-state index contributed by atoms with van der Waals surface area (Å²) >= 11 is 0. The van der Waals surface area contributed by atoms with Crippen LogP contribution in [-0.4, -0.2) is 61.1 Å². The monoisotopic (exact) mass is 488 g/mol. The van der Waals surface area contributed by atoms with Crippen LogP contribution in [0.1, 0.15) is 44.7 Å². The Bertz CT molecular complexity index is 974. The van der Waals surface area contributed by atoms with Crippen LogP contribution in [0.3, 0.4) is 0 Å². The Morgan fingerprint density at radius 3 is 2.31 bits per heavy atom. The van der Waals surface area contributed by atoms with Crippen LogP contribution in [0.25, 0.3) is 0 Å². The molecule has 2 aliphatic heterocycles. The smallest absolute Gasteiger partial charge is 0.317 e. The van der Waals surface area contributed by atoms with E-state index < -0.39 is 17.5 Å². The molecule has 5 nitrogen and oxygen atoms in total. The Labute approximate surface area is 205 Å². The molecule has 2 aliphatic rings. The lowest BCUT2D eigenvalue weighted by Crippen LogP contribution is -2.56. The van der Waals surface area contributed by atoms with Crippen molar-refractivity contribution in [2.24, 2.45) is 5.92 Å². The number of benzene rings is 2. The second kappa shape index (κ2) is 11.3. The molecule has 2 atom stereocenters. The van der Waals surface area contributed by atoms with Crippen molar-refractivity contribution in [2.75, 3.05) is 44.2 Å². The van der Waals surface area contributed by atoms with E-state index in [1.54, 1.807) is 9.80 Å². The zero-order valence-electron chi connectivity index (χ0n) is 20.5. The number of anilines is 1. The van der Waals surface area contributed by atoms with E-state index in [1.807, 2.05) is 13.0 Å². The van der Waals surface area contributed by atoms with Gasteiger partial charge in [-0.25, -0.2) is 18.0 Å². The van der Waals surface area contributed by atoms with Crippen molar-refractivity contribution in [3.05, 3.63) is 65.5 Å². The average Bonchev–Trinajstić information content (AvgIpc) is 2.87. The van der Waals surface area contributed by atoms with Crippen molar-refractivity contribution in [1.82, 2.24) is 15.1 Å². The molecule has 35 heavy (non-hydrogen) atoms. The SMILES string of the molecule is CC(c1ccccc1)N1CCC(CCNC(=O)N2CCN(c3cc(F)c(F)c(F)c3)C[C@H]2C)CC1. The summed E-state index contributed by atoms with van der Waals surface area (Å²) in [4.78, 5) is 18.8. The number of nitrogens with zero attached hydrogens (tertiary/aromatic N) is 3. The van der Waals surface area contributed by atoms with Gasteiger partial charge in [-0.3, -0.25) is 4.90 Å². The van der Waals surface area contributed by atoms with Gasteiger partial charge >= 0.3 is 6.03 Å². The summed E-state index contributed by atoms with van der Waals surface area (Å²) in [5.41, 5.74) is 1.64. The third kappa shape index (κ3) is 6.10. The summed E-state index contributed by atoms with van der Waals surface area (Å²) in [5.74, 6) is -3.26. The number of rotatable bonds is 6. The average molecular weight is 489 g/mol. The molecular weight excluding hydrogens is 453 g/mol. The normalized spacial score (nSPS) is 20.7. The molecule has 2 saturated heterocycles. The highest BCUT2D eigenvalue weighted by Crippen LogP contribution is 2.28. The van der Waals surface area contributed by atoms with Crippen LogP contribution in [0.2, 0.25) is 0 Å². The number of likely N-dealkylation sites (tertiary alicyclic amines) is 1. The lowest BCUT2D eigenvalue weighted by Gasteiger charge is -2.41. The maximum absolute atomic E-state index is 13.6. The van der Waals surface area contributed by atoms with Gasteiger partial charge in [0.25, 0.3) is 0 Å². The van der Waals surface area contributed by atoms with Crippen molar-refractivity contribution in [2.45, 2.75) is 45.2 Å². The van der Waals surface area contributed by atoms with Crippen LogP contribution in [0.4, 0.5) is 23.7 Å². The summed E-state index contributed by atoms with van der Waals surface area (Å²) in [5, 5.41) is 3.06. The summed E-state index contributed by atoms with van der Waals surface area (Å²) in [6.45, 7) is 8.24. The first-order chi connectivity index (χ1) is 16.8. The van der Waals surface area contributed by atoms with Gasteiger partial charge in [0.15, 0.2) is 17.5 Å². The molecular formula is C27H35F3N4O. The number of nitrogens with one attached hydrogen (secondary N) is 1. The summed E-state index contributed by atoms with van der Waals surface area (Å²) in [6.07, 6.45) is 3.22. The van der Waals surface area contributed by atoms with Crippen molar-refractivity contribution >= 4 is 11.7 Å². The molecule has 0 radical (unpaired) electrons. The van der Waals surface area contributed by atoms with Crippen molar-refractivity contribution in [3.63, 3.8) is 0 Å². The molecule has 2 amide bonds. The summed E-state index contributed by atoms with van der Waals surface area (Å²) in [6, 6.07) is 12.8. The molecule has 0 aromatic heterocycles. The number of hydrogen-bond donors (Lipinski definition) is 1. The van der Waals surface area contributed by atoms with E-state index in [9.17, 15) is 18.0 Å². The van der Waals surface area contributed by atoms with Gasteiger partial charge in [-0.05, 0) is 57.7 Å². The van der Waals surface area contributed by atoms with Gasteiger partial charge in [-0.2, -0.15) is 0 Å². The zero-order valence-corrected chi connectivity index (χ0v) is 20.5. The zero-order chi connectivity index (χ0) is 24.9. The van der Waals surface area contributed by atoms with Gasteiger partial charge in [0.2, 0.25) is 0 Å². The quantitative estimate of drug-likeness (QED) is 0.569. The maximum Gasteiger partial charge on any atom is 0.317 e. The highest BCUT2D eigenvalue weighted by atomic mass is 19.2. The topological polar surface area (TPSA) is 38.8 Å². The van der Waals surface area contributed by atoms with Crippen LogP contribution in [0.5, 0.6) is 0 Å². The molecule has 2 aromatic rings. The van der Waals surface area contributed by atoms with Gasteiger partial charge in [0.05, 0.1) is 0 Å². The number of hydrogen-bond acceptors (Lipinski definition) is 3. The maximum atomic E-state index is 13.6. The number of piperazine rings is 1. The van der Waals surface area contributed by atoms with Crippen LogP contribution < -0.4 is 10.2 Å². The lowest BCUT2D eigenvalue weighted by atomic mass is 9.92. The van der Waals surface area contributed by atoms with Crippen molar-refractivity contribution in [3.8, 4) is 0 Å². The molecule has 190 valence electrons. The highest BCUT2D eigenvalue weighted by molar-refractivity contribution is 5.75. The molecule has 0 saturated carbocycles. The van der Waals surface area contributed by atoms with E-state index in [0.717, 1.165) is 44.5 Å². The lowest BCUT2D eigenvalue weighted by molar-refractivity contribution is 0.136. The van der Waals surface area contributed by atoms with E-state index in [4.69, 9.17) is 0 Å². The van der Waals surface area contributed by atoms with Crippen LogP contribution in [-0.2, 0) is 0 Å². The third-order valence-electron chi connectivity index (χ3n) is 7.53. The van der Waals surface area contributed by atoms with Gasteiger partial charge in [0.1, 0.15) is 0 Å². The van der Waals surface area contributed by atoms with Crippen LogP contribution in [0, 0.1) is 23.4 Å². The fraction of sp³-hybridized carbons (Fsp3) is 0.519. The molecule has 0 spiro atoms. The minimum absolute atomic E-state index is 0.108. The van der Waals surface area contributed by atoms with E-state index in [-0.39, 0.29) is 12.1 Å². The van der Waals surface area contributed by atoms with Crippen LogP contribution >= 0.6 is 0 Å². The Morgan fingerprint density at radius 2 is 1.69 bits per heavy atom. The fourth-order valence-corrected chi connectivity index (χ4v) is 5.27. The van der Waals surface area contributed by atoms with E-state index >= 15 is 0 Å². The van der Waals surface area contributed by atoms with Gasteiger partial charge in [-0.15, -0.1) is 0 Å². The van der Waals surface area contributed by atoms with Crippen molar-refractivity contribution in [1.29, 1.82) is 0 Å². The predicted octanol–water partition coefficient (Wildman–Crippen LogP) is 5.19. The Kier molecular flexibility index (Phi) is 8.21. The molecule has 1 unspecified atom stereocenters. The number of piperidine rings is 1. The first kappa shape index (κ1) is 25.4. The fourth-order valence-electron chi connectivity index (χ4n) is 5.27. The van der Waals surface area contributed by atoms with Crippen molar-refractivity contribution < 1.29 is 18.0 Å². The molecule has 0 aliphatic carbocycles. The number of carbonyl (C=O) groups excluding carboxylic acids is 1. The predicted molar refractivity (Wildman–Crippen MR) is 132 cm³/mol. The molecule has 2 heterocycles. The molecule has 1 N–H and O–H groups in total. The second-order valence-electron chi connectivity index (χ2n) is 9.80. The highest BCUT2D eigenvalue weighted by Gasteiger charge is 2.29. The number of halogens is 3. The Morgan fingerprint density at radius 1 is 1.03 bits per heavy atom. The molecule has 4 rings (SSSR count). The number of amides is 2. The third-order valence-corrected chi connectivity index (χ3v) is 7.53. The summed E-state index contributed by atoms with van der Waals surface area (Å²) < 4.78 is 40.5. The molecule has 8 heteroatoms. The second-order valence-corrected chi connectivity index (χ2v) is 9.80. The summed E-state index contributed by atoms with van der Waals surface area (Å²) in [7, 11) is 0. The van der Waals surface area contributed by atoms with Gasteiger partial charge < -0.3 is 15.1 Å². The number of carbonyl (C=O) groups is 1. The van der Waals surface area contributed by atoms with E-state index in [0.29, 0.717) is 43.8 Å². The van der Waals surface area contributed by atoms with Gasteiger partial charge in [0, 0.05) is 56.1 Å². The first-order valence-electron chi connectivity index (χ1n) is 12.6. The van der Waals surface area contributed by atoms with E-state index in [1.165, 1.54) is 5.56 Å². The van der Waals surface area contributed by atoms with E-state index in [2.05, 4.69) is 41.4 Å². The molecule has 2 fully saturated rings. The minimum Gasteiger partial charge on any atom is -0.368 e. The largest absolute Gasteiger partial charge is 0.368 e. The number of urea groups is 1. The molecule has 2 aromatic carbocycles. The first-order valence-corrected chi connectivity index (χ1v) is 12.6. The Hall–Kier alpha value is -2.74.